The minimum atomic E-state index is -3.20. The van der Waals surface area contributed by atoms with E-state index in [0.29, 0.717) is 29.5 Å². The molecule has 0 aliphatic heterocycles. The number of hydrogen-bond acceptors (Lipinski definition) is 4. The third kappa shape index (κ3) is 5.34. The maximum atomic E-state index is 11.6. The summed E-state index contributed by atoms with van der Waals surface area (Å²) in [4.78, 5) is 8.85. The van der Waals surface area contributed by atoms with Crippen LogP contribution in [0.3, 0.4) is 0 Å². The first-order valence-electron chi connectivity index (χ1n) is 7.59. The van der Waals surface area contributed by atoms with Crippen LogP contribution in [0.1, 0.15) is 16.8 Å². The van der Waals surface area contributed by atoms with Crippen molar-refractivity contribution in [3.8, 4) is 0 Å². The maximum absolute atomic E-state index is 11.6. The van der Waals surface area contributed by atoms with E-state index in [9.17, 15) is 8.42 Å². The molecule has 0 spiro atoms. The van der Waals surface area contributed by atoms with Gasteiger partial charge in [0, 0.05) is 31.1 Å². The van der Waals surface area contributed by atoms with Gasteiger partial charge in [-0.2, -0.15) is 0 Å². The highest BCUT2D eigenvalue weighted by Crippen LogP contribution is 2.17. The molecule has 24 heavy (non-hydrogen) atoms. The van der Waals surface area contributed by atoms with Crippen molar-refractivity contribution in [1.82, 2.24) is 10.3 Å². The van der Waals surface area contributed by atoms with Crippen molar-refractivity contribution in [3.63, 3.8) is 0 Å². The standard InChI is InChI=1S/C17H22N4O2S/c1-13-11-14(6-7-16(13)24(2,22)23)12-21-17(18)20-10-8-15-5-3-4-9-19-15/h3-7,9,11H,8,10,12H2,1-2H3,(H3,18,20,21). The lowest BCUT2D eigenvalue weighted by Crippen LogP contribution is -2.33. The molecule has 0 fully saturated rings. The molecule has 6 nitrogen and oxygen atoms in total. The highest BCUT2D eigenvalue weighted by Gasteiger charge is 2.10. The first-order chi connectivity index (χ1) is 11.4. The normalized spacial score (nSPS) is 12.2. The summed E-state index contributed by atoms with van der Waals surface area (Å²) in [6.45, 7) is 2.82. The van der Waals surface area contributed by atoms with E-state index in [2.05, 4.69) is 15.3 Å². The van der Waals surface area contributed by atoms with Gasteiger partial charge in [0.05, 0.1) is 11.4 Å². The fraction of sp³-hybridized carbons (Fsp3) is 0.294. The highest BCUT2D eigenvalue weighted by atomic mass is 32.2. The number of nitrogens with two attached hydrogens (primary N) is 1. The number of aromatic nitrogens is 1. The molecule has 0 aliphatic carbocycles. The topological polar surface area (TPSA) is 97.4 Å². The summed E-state index contributed by atoms with van der Waals surface area (Å²) in [5.74, 6) is 0.357. The first-order valence-corrected chi connectivity index (χ1v) is 9.48. The van der Waals surface area contributed by atoms with E-state index in [1.807, 2.05) is 24.3 Å². The number of sulfone groups is 1. The lowest BCUT2D eigenvalue weighted by Gasteiger charge is -2.07. The summed E-state index contributed by atoms with van der Waals surface area (Å²) >= 11 is 0. The third-order valence-corrected chi connectivity index (χ3v) is 4.74. The molecule has 1 aromatic heterocycles. The van der Waals surface area contributed by atoms with E-state index >= 15 is 0 Å². The summed E-state index contributed by atoms with van der Waals surface area (Å²) in [5.41, 5.74) is 8.46. The molecule has 0 saturated carbocycles. The first kappa shape index (κ1) is 17.9. The number of pyridine rings is 1. The lowest BCUT2D eigenvalue weighted by molar-refractivity contribution is 0.601. The lowest BCUT2D eigenvalue weighted by atomic mass is 10.1. The number of hydrogen-bond donors (Lipinski definition) is 2. The van der Waals surface area contributed by atoms with E-state index in [4.69, 9.17) is 5.73 Å². The summed E-state index contributed by atoms with van der Waals surface area (Å²) in [6, 6.07) is 11.0. The van der Waals surface area contributed by atoms with Crippen LogP contribution in [0.5, 0.6) is 0 Å². The van der Waals surface area contributed by atoms with Gasteiger partial charge < -0.3 is 11.1 Å². The Hall–Kier alpha value is -2.41. The van der Waals surface area contributed by atoms with E-state index in [1.54, 1.807) is 25.3 Å². The van der Waals surface area contributed by atoms with E-state index in [1.165, 1.54) is 6.26 Å². The number of aryl methyl sites for hydroxylation is 1. The van der Waals surface area contributed by atoms with Crippen LogP contribution in [-0.4, -0.2) is 32.2 Å². The van der Waals surface area contributed by atoms with Crippen molar-refractivity contribution < 1.29 is 8.42 Å². The van der Waals surface area contributed by atoms with Gasteiger partial charge in [0.1, 0.15) is 0 Å². The van der Waals surface area contributed by atoms with Crippen LogP contribution >= 0.6 is 0 Å². The molecular formula is C17H22N4O2S. The Morgan fingerprint density at radius 1 is 1.29 bits per heavy atom. The van der Waals surface area contributed by atoms with Crippen molar-refractivity contribution in [3.05, 3.63) is 59.4 Å². The number of nitrogens with zero attached hydrogens (tertiary/aromatic N) is 2. The molecule has 0 radical (unpaired) electrons. The van der Waals surface area contributed by atoms with Crippen molar-refractivity contribution in [2.75, 3.05) is 12.8 Å². The van der Waals surface area contributed by atoms with Gasteiger partial charge in [-0.1, -0.05) is 18.2 Å². The molecule has 3 N–H and O–H groups in total. The van der Waals surface area contributed by atoms with Crippen LogP contribution in [0, 0.1) is 6.92 Å². The van der Waals surface area contributed by atoms with Gasteiger partial charge in [0.15, 0.2) is 15.8 Å². The molecule has 128 valence electrons. The van der Waals surface area contributed by atoms with E-state index in [0.717, 1.165) is 17.7 Å². The van der Waals surface area contributed by atoms with Crippen LogP contribution in [-0.2, 0) is 22.8 Å². The van der Waals surface area contributed by atoms with Gasteiger partial charge in [-0.05, 0) is 36.2 Å². The molecule has 2 aromatic rings. The largest absolute Gasteiger partial charge is 0.370 e. The number of nitrogens with one attached hydrogen (secondary N) is 1. The number of benzene rings is 1. The van der Waals surface area contributed by atoms with Crippen molar-refractivity contribution >= 4 is 15.8 Å². The summed E-state index contributed by atoms with van der Waals surface area (Å²) in [7, 11) is -3.20. The Labute approximate surface area is 142 Å². The van der Waals surface area contributed by atoms with Crippen LogP contribution in [0.4, 0.5) is 0 Å². The molecular weight excluding hydrogens is 324 g/mol. The monoisotopic (exact) mass is 346 g/mol. The molecule has 0 atom stereocenters. The zero-order chi connectivity index (χ0) is 17.6. The van der Waals surface area contributed by atoms with E-state index in [-0.39, 0.29) is 0 Å². The Morgan fingerprint density at radius 2 is 2.08 bits per heavy atom. The van der Waals surface area contributed by atoms with Crippen LogP contribution in [0.15, 0.2) is 52.5 Å². The summed E-state index contributed by atoms with van der Waals surface area (Å²) < 4.78 is 23.2. The summed E-state index contributed by atoms with van der Waals surface area (Å²) in [6.07, 6.45) is 3.73. The predicted molar refractivity (Wildman–Crippen MR) is 95.6 cm³/mol. The Kier molecular flexibility index (Phi) is 5.92. The second kappa shape index (κ2) is 7.92. The zero-order valence-corrected chi connectivity index (χ0v) is 14.7. The maximum Gasteiger partial charge on any atom is 0.188 e. The fourth-order valence-corrected chi connectivity index (χ4v) is 3.28. The van der Waals surface area contributed by atoms with Crippen LogP contribution in [0.2, 0.25) is 0 Å². The Morgan fingerprint density at radius 3 is 2.71 bits per heavy atom. The van der Waals surface area contributed by atoms with Crippen molar-refractivity contribution in [2.24, 2.45) is 10.7 Å². The predicted octanol–water partition coefficient (Wildman–Crippen LogP) is 1.44. The molecule has 0 bridgehead atoms. The quantitative estimate of drug-likeness (QED) is 0.609. The third-order valence-electron chi connectivity index (χ3n) is 3.48. The Bertz CT molecular complexity index is 818. The van der Waals surface area contributed by atoms with Gasteiger partial charge in [0.2, 0.25) is 0 Å². The number of aliphatic imine (C=N–C) groups is 1. The van der Waals surface area contributed by atoms with Gasteiger partial charge in [-0.15, -0.1) is 0 Å². The number of guanidine groups is 1. The number of rotatable bonds is 6. The molecule has 2 rings (SSSR count). The molecule has 7 heteroatoms. The van der Waals surface area contributed by atoms with Crippen molar-refractivity contribution in [1.29, 1.82) is 0 Å². The molecule has 0 saturated heterocycles. The smallest absolute Gasteiger partial charge is 0.188 e. The minimum absolute atomic E-state index is 0.344. The second-order valence-electron chi connectivity index (χ2n) is 5.57. The average Bonchev–Trinajstić information content (AvgIpc) is 2.53. The van der Waals surface area contributed by atoms with Gasteiger partial charge in [-0.25, -0.2) is 13.4 Å². The fourth-order valence-electron chi connectivity index (χ4n) is 2.32. The van der Waals surface area contributed by atoms with E-state index < -0.39 is 9.84 Å². The molecule has 1 aromatic carbocycles. The van der Waals surface area contributed by atoms with Gasteiger partial charge >= 0.3 is 0 Å². The van der Waals surface area contributed by atoms with Crippen LogP contribution < -0.4 is 11.1 Å². The highest BCUT2D eigenvalue weighted by molar-refractivity contribution is 7.90. The molecule has 1 heterocycles. The van der Waals surface area contributed by atoms with Gasteiger partial charge in [-0.3, -0.25) is 4.98 Å². The Balaban J connectivity index is 1.89. The zero-order valence-electron chi connectivity index (χ0n) is 13.9. The van der Waals surface area contributed by atoms with Gasteiger partial charge in [0.25, 0.3) is 0 Å². The average molecular weight is 346 g/mol. The van der Waals surface area contributed by atoms with Crippen LogP contribution in [0.25, 0.3) is 0 Å². The molecule has 0 unspecified atom stereocenters. The van der Waals surface area contributed by atoms with Crippen molar-refractivity contribution in [2.45, 2.75) is 24.8 Å². The minimum Gasteiger partial charge on any atom is -0.370 e. The molecule has 0 amide bonds. The molecule has 0 aliphatic rings. The second-order valence-corrected chi connectivity index (χ2v) is 7.56. The SMILES string of the molecule is Cc1cc(CN=C(N)NCCc2ccccn2)ccc1S(C)(=O)=O. The summed E-state index contributed by atoms with van der Waals surface area (Å²) in [5, 5.41) is 3.04.